The molecule has 0 unspecified atom stereocenters. The molecule has 182 valence electrons. The van der Waals surface area contributed by atoms with Crippen molar-refractivity contribution in [3.8, 4) is 5.88 Å². The molecule has 5 heterocycles. The number of methoxy groups -OCH3 is 1. The fourth-order valence-electron chi connectivity index (χ4n) is 4.08. The Hall–Kier alpha value is -3.58. The molecule has 1 amide bonds. The maximum absolute atomic E-state index is 13.3. The number of hydrogen-bond acceptors (Lipinski definition) is 11. The quantitative estimate of drug-likeness (QED) is 0.514. The van der Waals surface area contributed by atoms with Gasteiger partial charge in [-0.15, -0.1) is 12.4 Å². The van der Waals surface area contributed by atoms with Crippen LogP contribution in [0.2, 0.25) is 0 Å². The summed E-state index contributed by atoms with van der Waals surface area (Å²) in [5, 5.41) is 3.29. The molecule has 2 atom stereocenters. The minimum atomic E-state index is -0.756. The predicted octanol–water partition coefficient (Wildman–Crippen LogP) is 1.88. The minimum absolute atomic E-state index is 0. The molecule has 2 aliphatic heterocycles. The van der Waals surface area contributed by atoms with Crippen LogP contribution in [0, 0.1) is 11.7 Å². The van der Waals surface area contributed by atoms with Gasteiger partial charge in [0.05, 0.1) is 44.1 Å². The van der Waals surface area contributed by atoms with Gasteiger partial charge >= 0.3 is 0 Å². The molecule has 5 rings (SSSR count). The van der Waals surface area contributed by atoms with Crippen molar-refractivity contribution in [2.45, 2.75) is 5.54 Å². The van der Waals surface area contributed by atoms with Crippen LogP contribution in [-0.4, -0.2) is 61.9 Å². The number of carbonyl (C=O) groups excluding carboxylic acids is 1. The number of nitrogens with zero attached hydrogens (tertiary/aromatic N) is 7. The molecule has 2 aliphatic rings. The lowest BCUT2D eigenvalue weighted by atomic mass is 9.85. The summed E-state index contributed by atoms with van der Waals surface area (Å²) < 4.78 is 18.3. The maximum atomic E-state index is 13.3. The lowest BCUT2D eigenvalue weighted by Gasteiger charge is -2.33. The van der Waals surface area contributed by atoms with Crippen molar-refractivity contribution in [1.29, 1.82) is 0 Å². The third kappa shape index (κ3) is 4.82. The summed E-state index contributed by atoms with van der Waals surface area (Å²) in [7, 11) is 1.47. The topological polar surface area (TPSA) is 144 Å². The van der Waals surface area contributed by atoms with Crippen LogP contribution in [0.1, 0.15) is 16.2 Å². The number of hydrogen-bond donors (Lipinski definition) is 2. The van der Waals surface area contributed by atoms with Crippen molar-refractivity contribution in [3.63, 3.8) is 0 Å². The van der Waals surface area contributed by atoms with E-state index in [9.17, 15) is 9.18 Å². The molecule has 3 aromatic heterocycles. The molecule has 1 saturated heterocycles. The Kier molecular flexibility index (Phi) is 6.98. The van der Waals surface area contributed by atoms with Crippen LogP contribution < -0.4 is 20.7 Å². The molecular formula is C21H21ClFN9O2S. The molecule has 3 aromatic rings. The number of fused-ring (bicyclic) bond motifs is 1. The highest BCUT2D eigenvalue weighted by Crippen LogP contribution is 2.45. The molecule has 0 spiro atoms. The van der Waals surface area contributed by atoms with Gasteiger partial charge in [-0.3, -0.25) is 9.78 Å². The fraction of sp³-hybridized carbons (Fsp3) is 0.286. The average molecular weight is 518 g/mol. The van der Waals surface area contributed by atoms with Gasteiger partial charge in [-0.2, -0.15) is 0 Å². The zero-order valence-electron chi connectivity index (χ0n) is 18.5. The van der Waals surface area contributed by atoms with Gasteiger partial charge in [-0.05, 0) is 12.1 Å². The summed E-state index contributed by atoms with van der Waals surface area (Å²) in [5.41, 5.74) is 6.70. The van der Waals surface area contributed by atoms with E-state index in [2.05, 4.69) is 30.2 Å². The second-order valence-electron chi connectivity index (χ2n) is 7.79. The van der Waals surface area contributed by atoms with Gasteiger partial charge in [-0.1, -0.05) is 11.8 Å². The van der Waals surface area contributed by atoms with E-state index >= 15 is 0 Å². The molecule has 3 N–H and O–H groups in total. The standard InChI is InChI=1S/C21H20FN9O2S.ClH/c1-33-17-8-25-15(7-26-17)18(32)29-14-2-3-24-16(4-14)21-11-31(20-27-5-13(22)6-28-20)9-12(21)10-34-19(23)30-21;/h2-8,12H,9-11H2,1H3,(H2,23,30)(H,24,29,32);1H/t12-,21-;/m0./s1. The predicted molar refractivity (Wildman–Crippen MR) is 131 cm³/mol. The Bertz CT molecular complexity index is 1250. The number of anilines is 2. The lowest BCUT2D eigenvalue weighted by Crippen LogP contribution is -2.40. The van der Waals surface area contributed by atoms with Crippen LogP contribution in [0.5, 0.6) is 5.88 Å². The fourth-order valence-corrected chi connectivity index (χ4v) is 5.06. The van der Waals surface area contributed by atoms with Crippen LogP contribution in [0.3, 0.4) is 0 Å². The summed E-state index contributed by atoms with van der Waals surface area (Å²) >= 11 is 1.48. The monoisotopic (exact) mass is 517 g/mol. The maximum Gasteiger partial charge on any atom is 0.275 e. The van der Waals surface area contributed by atoms with Crippen molar-refractivity contribution < 1.29 is 13.9 Å². The lowest BCUT2D eigenvalue weighted by molar-refractivity contribution is 0.102. The number of halogens is 2. The first-order chi connectivity index (χ1) is 16.5. The molecule has 0 saturated carbocycles. The van der Waals surface area contributed by atoms with E-state index in [1.165, 1.54) is 31.3 Å². The van der Waals surface area contributed by atoms with E-state index < -0.39 is 17.3 Å². The molecule has 0 radical (unpaired) electrons. The van der Waals surface area contributed by atoms with Crippen molar-refractivity contribution in [2.24, 2.45) is 16.6 Å². The van der Waals surface area contributed by atoms with Crippen molar-refractivity contribution in [2.75, 3.05) is 36.2 Å². The van der Waals surface area contributed by atoms with Crippen LogP contribution in [0.15, 0.2) is 48.1 Å². The molecule has 0 aromatic carbocycles. The molecule has 14 heteroatoms. The highest BCUT2D eigenvalue weighted by Gasteiger charge is 2.51. The van der Waals surface area contributed by atoms with Crippen LogP contribution >= 0.6 is 24.2 Å². The number of nitrogens with one attached hydrogen (secondary N) is 1. The highest BCUT2D eigenvalue weighted by molar-refractivity contribution is 8.13. The third-order valence-electron chi connectivity index (χ3n) is 5.71. The number of ether oxygens (including phenoxy) is 1. The number of carbonyl (C=O) groups is 1. The Morgan fingerprint density at radius 2 is 2.03 bits per heavy atom. The number of aromatic nitrogens is 5. The zero-order chi connectivity index (χ0) is 23.7. The highest BCUT2D eigenvalue weighted by atomic mass is 35.5. The summed E-state index contributed by atoms with van der Waals surface area (Å²) in [6.45, 7) is 1.02. The Labute approximate surface area is 210 Å². The van der Waals surface area contributed by atoms with Gasteiger partial charge in [0.15, 0.2) is 11.0 Å². The zero-order valence-corrected chi connectivity index (χ0v) is 20.1. The molecule has 1 fully saturated rings. The number of amides is 1. The number of pyridine rings is 1. The van der Waals surface area contributed by atoms with Crippen LogP contribution in [-0.2, 0) is 5.54 Å². The Morgan fingerprint density at radius 1 is 1.23 bits per heavy atom. The van der Waals surface area contributed by atoms with Crippen LogP contribution in [0.25, 0.3) is 0 Å². The normalized spacial score (nSPS) is 20.9. The molecule has 0 aliphatic carbocycles. The first-order valence-corrected chi connectivity index (χ1v) is 11.3. The van der Waals surface area contributed by atoms with E-state index in [1.807, 2.05) is 4.90 Å². The van der Waals surface area contributed by atoms with Gasteiger partial charge < -0.3 is 20.7 Å². The van der Waals surface area contributed by atoms with Gasteiger partial charge in [0.2, 0.25) is 11.8 Å². The number of nitrogens with two attached hydrogens (primary N) is 1. The number of aliphatic imine (C=N–C) groups is 1. The third-order valence-corrected chi connectivity index (χ3v) is 6.67. The first-order valence-electron chi connectivity index (χ1n) is 10.3. The van der Waals surface area contributed by atoms with Gasteiger partial charge in [0, 0.05) is 30.1 Å². The van der Waals surface area contributed by atoms with Gasteiger partial charge in [0.1, 0.15) is 11.2 Å². The van der Waals surface area contributed by atoms with E-state index in [1.54, 1.807) is 18.3 Å². The summed E-state index contributed by atoms with van der Waals surface area (Å²) in [4.78, 5) is 40.3. The van der Waals surface area contributed by atoms with E-state index in [-0.39, 0.29) is 24.0 Å². The number of rotatable bonds is 5. The van der Waals surface area contributed by atoms with Crippen molar-refractivity contribution in [3.05, 3.63) is 60.3 Å². The average Bonchev–Trinajstić information content (AvgIpc) is 3.24. The summed E-state index contributed by atoms with van der Waals surface area (Å²) in [6.07, 6.45) is 6.60. The van der Waals surface area contributed by atoms with Gasteiger partial charge in [-0.25, -0.2) is 29.3 Å². The Balaban J connectivity index is 0.00000289. The van der Waals surface area contributed by atoms with Crippen LogP contribution in [0.4, 0.5) is 16.0 Å². The van der Waals surface area contributed by atoms with E-state index in [0.29, 0.717) is 41.5 Å². The molecule has 35 heavy (non-hydrogen) atoms. The van der Waals surface area contributed by atoms with E-state index in [0.717, 1.165) is 18.1 Å². The minimum Gasteiger partial charge on any atom is -0.480 e. The Morgan fingerprint density at radius 3 is 2.74 bits per heavy atom. The number of amidine groups is 1. The summed E-state index contributed by atoms with van der Waals surface area (Å²) in [6, 6.07) is 3.47. The first kappa shape index (κ1) is 24.5. The molecule has 11 nitrogen and oxygen atoms in total. The largest absolute Gasteiger partial charge is 0.480 e. The van der Waals surface area contributed by atoms with Crippen molar-refractivity contribution >= 4 is 46.9 Å². The second-order valence-corrected chi connectivity index (χ2v) is 8.83. The summed E-state index contributed by atoms with van der Waals surface area (Å²) in [5.74, 6) is 0.596. The smallest absolute Gasteiger partial charge is 0.275 e. The second kappa shape index (κ2) is 9.96. The van der Waals surface area contributed by atoms with Crippen molar-refractivity contribution in [1.82, 2.24) is 24.9 Å². The SMILES string of the molecule is COc1cnc(C(=O)Nc2ccnc([C@]34CN(c5ncc(F)cn5)C[C@H]3CSC(N)=N4)c2)cn1.Cl. The van der Waals surface area contributed by atoms with E-state index in [4.69, 9.17) is 15.5 Å². The molecular weight excluding hydrogens is 497 g/mol. The number of thioether (sulfide) groups is 1. The molecule has 0 bridgehead atoms. The van der Waals surface area contributed by atoms with Gasteiger partial charge in [0.25, 0.3) is 5.91 Å².